The van der Waals surface area contributed by atoms with Crippen LogP contribution in [-0.4, -0.2) is 37.0 Å². The van der Waals surface area contributed by atoms with E-state index in [0.29, 0.717) is 16.5 Å². The standard InChI is InChI=1S/C17H23FN2O.ClH/c1-13-2-3-14(12-15(13)18)16(21)20-10-6-17(7-11-20)4-8-19-9-5-17;/h2-3,12,19H,4-11H2,1H3;1H. The van der Waals surface area contributed by atoms with Gasteiger partial charge in [0.2, 0.25) is 0 Å². The number of hydrogen-bond acceptors (Lipinski definition) is 2. The number of nitrogens with one attached hydrogen (secondary N) is 1. The Kier molecular flexibility index (Phi) is 5.45. The highest BCUT2D eigenvalue weighted by atomic mass is 35.5. The third-order valence-corrected chi connectivity index (χ3v) is 5.19. The Bertz CT molecular complexity index is 533. The Morgan fingerprint density at radius 3 is 2.41 bits per heavy atom. The van der Waals surface area contributed by atoms with Crippen LogP contribution in [0.15, 0.2) is 18.2 Å². The fraction of sp³-hybridized carbons (Fsp3) is 0.588. The molecule has 0 unspecified atom stereocenters. The summed E-state index contributed by atoms with van der Waals surface area (Å²) in [6.07, 6.45) is 4.59. The van der Waals surface area contributed by atoms with E-state index in [0.717, 1.165) is 39.0 Å². The first-order valence-electron chi connectivity index (χ1n) is 7.86. The lowest BCUT2D eigenvalue weighted by Crippen LogP contribution is -2.47. The first kappa shape index (κ1) is 17.2. The summed E-state index contributed by atoms with van der Waals surface area (Å²) in [4.78, 5) is 14.4. The molecule has 0 bridgehead atoms. The van der Waals surface area contributed by atoms with Crippen LogP contribution in [0.2, 0.25) is 0 Å². The average Bonchev–Trinajstić information content (AvgIpc) is 2.51. The monoisotopic (exact) mass is 326 g/mol. The number of aryl methyl sites for hydroxylation is 1. The van der Waals surface area contributed by atoms with Crippen molar-refractivity contribution in [1.82, 2.24) is 10.2 Å². The van der Waals surface area contributed by atoms with Crippen LogP contribution >= 0.6 is 12.4 Å². The normalized spacial score (nSPS) is 20.5. The third-order valence-electron chi connectivity index (χ3n) is 5.19. The van der Waals surface area contributed by atoms with Crippen LogP contribution in [0.5, 0.6) is 0 Å². The molecule has 2 heterocycles. The third kappa shape index (κ3) is 3.44. The summed E-state index contributed by atoms with van der Waals surface area (Å²) in [6, 6.07) is 4.78. The zero-order chi connectivity index (χ0) is 14.9. The molecule has 1 amide bonds. The van der Waals surface area contributed by atoms with E-state index in [1.807, 2.05) is 4.90 Å². The number of likely N-dealkylation sites (tertiary alicyclic amines) is 1. The molecule has 0 aromatic heterocycles. The van der Waals surface area contributed by atoms with Gasteiger partial charge in [-0.2, -0.15) is 0 Å². The summed E-state index contributed by atoms with van der Waals surface area (Å²) in [5.41, 5.74) is 1.49. The van der Waals surface area contributed by atoms with Crippen LogP contribution in [0.25, 0.3) is 0 Å². The molecule has 2 aliphatic rings. The van der Waals surface area contributed by atoms with Gasteiger partial charge in [-0.25, -0.2) is 4.39 Å². The quantitative estimate of drug-likeness (QED) is 0.859. The van der Waals surface area contributed by atoms with Crippen molar-refractivity contribution in [2.75, 3.05) is 26.2 Å². The average molecular weight is 327 g/mol. The number of carbonyl (C=O) groups excluding carboxylic acids is 1. The van der Waals surface area contributed by atoms with Gasteiger partial charge in [0.05, 0.1) is 0 Å². The number of piperidine rings is 2. The molecule has 0 saturated carbocycles. The van der Waals surface area contributed by atoms with Gasteiger partial charge in [0, 0.05) is 18.7 Å². The predicted molar refractivity (Wildman–Crippen MR) is 88.1 cm³/mol. The lowest BCUT2D eigenvalue weighted by atomic mass is 9.71. The fourth-order valence-corrected chi connectivity index (χ4v) is 3.55. The number of hydrogen-bond donors (Lipinski definition) is 1. The van der Waals surface area contributed by atoms with Gasteiger partial charge in [0.25, 0.3) is 5.91 Å². The summed E-state index contributed by atoms with van der Waals surface area (Å²) >= 11 is 0. The van der Waals surface area contributed by atoms with E-state index in [9.17, 15) is 9.18 Å². The first-order chi connectivity index (χ1) is 10.1. The molecular formula is C17H24ClFN2O. The van der Waals surface area contributed by atoms with Gasteiger partial charge in [0.1, 0.15) is 5.82 Å². The highest BCUT2D eigenvalue weighted by Gasteiger charge is 2.36. The molecule has 122 valence electrons. The minimum Gasteiger partial charge on any atom is -0.339 e. The first-order valence-corrected chi connectivity index (χ1v) is 7.86. The van der Waals surface area contributed by atoms with Crippen molar-refractivity contribution in [3.8, 4) is 0 Å². The summed E-state index contributed by atoms with van der Waals surface area (Å²) in [6.45, 7) is 5.50. The topological polar surface area (TPSA) is 32.3 Å². The molecule has 2 fully saturated rings. The summed E-state index contributed by atoms with van der Waals surface area (Å²) in [5, 5.41) is 3.41. The fourth-order valence-electron chi connectivity index (χ4n) is 3.55. The SMILES string of the molecule is Cc1ccc(C(=O)N2CCC3(CCNCC3)CC2)cc1F.Cl. The summed E-state index contributed by atoms with van der Waals surface area (Å²) < 4.78 is 13.6. The highest BCUT2D eigenvalue weighted by molar-refractivity contribution is 5.94. The molecule has 3 nitrogen and oxygen atoms in total. The van der Waals surface area contributed by atoms with Crippen molar-refractivity contribution in [2.45, 2.75) is 32.6 Å². The van der Waals surface area contributed by atoms with E-state index in [-0.39, 0.29) is 24.1 Å². The number of nitrogens with zero attached hydrogens (tertiary/aromatic N) is 1. The van der Waals surface area contributed by atoms with Crippen molar-refractivity contribution in [3.63, 3.8) is 0 Å². The number of benzene rings is 1. The highest BCUT2D eigenvalue weighted by Crippen LogP contribution is 2.39. The number of rotatable bonds is 1. The Morgan fingerprint density at radius 1 is 1.18 bits per heavy atom. The van der Waals surface area contributed by atoms with Gasteiger partial charge in [-0.1, -0.05) is 6.07 Å². The Balaban J connectivity index is 0.00000176. The molecule has 1 spiro atoms. The van der Waals surface area contributed by atoms with E-state index < -0.39 is 0 Å². The van der Waals surface area contributed by atoms with Crippen LogP contribution < -0.4 is 5.32 Å². The molecule has 1 N–H and O–H groups in total. The largest absolute Gasteiger partial charge is 0.339 e. The van der Waals surface area contributed by atoms with Crippen molar-refractivity contribution in [1.29, 1.82) is 0 Å². The zero-order valence-electron chi connectivity index (χ0n) is 13.0. The predicted octanol–water partition coefficient (Wildman–Crippen LogP) is 3.16. The second-order valence-electron chi connectivity index (χ2n) is 6.51. The maximum absolute atomic E-state index is 13.6. The molecule has 2 aliphatic heterocycles. The lowest BCUT2D eigenvalue weighted by Gasteiger charge is -2.44. The summed E-state index contributed by atoms with van der Waals surface area (Å²) in [7, 11) is 0. The molecule has 0 radical (unpaired) electrons. The van der Waals surface area contributed by atoms with Crippen LogP contribution in [0.1, 0.15) is 41.6 Å². The number of amides is 1. The minimum atomic E-state index is -0.298. The van der Waals surface area contributed by atoms with Gasteiger partial charge in [0.15, 0.2) is 0 Å². The molecule has 5 heteroatoms. The van der Waals surface area contributed by atoms with Crippen LogP contribution in [0.4, 0.5) is 4.39 Å². The van der Waals surface area contributed by atoms with Gasteiger partial charge in [-0.15, -0.1) is 12.4 Å². The van der Waals surface area contributed by atoms with Gasteiger partial charge < -0.3 is 10.2 Å². The van der Waals surface area contributed by atoms with Gasteiger partial charge in [-0.3, -0.25) is 4.79 Å². The van der Waals surface area contributed by atoms with E-state index in [1.165, 1.54) is 18.9 Å². The van der Waals surface area contributed by atoms with E-state index in [4.69, 9.17) is 0 Å². The van der Waals surface area contributed by atoms with Crippen LogP contribution in [0.3, 0.4) is 0 Å². The molecule has 0 aliphatic carbocycles. The lowest BCUT2D eigenvalue weighted by molar-refractivity contribution is 0.0495. The van der Waals surface area contributed by atoms with E-state index in [1.54, 1.807) is 19.1 Å². The minimum absolute atomic E-state index is 0. The van der Waals surface area contributed by atoms with Crippen molar-refractivity contribution < 1.29 is 9.18 Å². The van der Waals surface area contributed by atoms with Gasteiger partial charge >= 0.3 is 0 Å². The Labute approximate surface area is 137 Å². The van der Waals surface area contributed by atoms with Crippen LogP contribution in [0, 0.1) is 18.2 Å². The summed E-state index contributed by atoms with van der Waals surface area (Å²) in [5.74, 6) is -0.328. The van der Waals surface area contributed by atoms with Crippen molar-refractivity contribution >= 4 is 18.3 Å². The van der Waals surface area contributed by atoms with E-state index in [2.05, 4.69) is 5.32 Å². The van der Waals surface area contributed by atoms with Crippen molar-refractivity contribution in [3.05, 3.63) is 35.1 Å². The second kappa shape index (κ2) is 6.97. The zero-order valence-corrected chi connectivity index (χ0v) is 13.8. The van der Waals surface area contributed by atoms with Crippen LogP contribution in [-0.2, 0) is 0 Å². The van der Waals surface area contributed by atoms with Gasteiger partial charge in [-0.05, 0) is 68.8 Å². The smallest absolute Gasteiger partial charge is 0.253 e. The molecule has 2 saturated heterocycles. The Morgan fingerprint density at radius 2 is 1.82 bits per heavy atom. The van der Waals surface area contributed by atoms with E-state index >= 15 is 0 Å². The molecular weight excluding hydrogens is 303 g/mol. The number of carbonyl (C=O) groups is 1. The van der Waals surface area contributed by atoms with Crippen molar-refractivity contribution in [2.24, 2.45) is 5.41 Å². The maximum Gasteiger partial charge on any atom is 0.253 e. The number of halogens is 2. The molecule has 1 aromatic rings. The second-order valence-corrected chi connectivity index (χ2v) is 6.51. The molecule has 22 heavy (non-hydrogen) atoms. The molecule has 0 atom stereocenters. The maximum atomic E-state index is 13.6. The molecule has 3 rings (SSSR count). The Hall–Kier alpha value is -1.13. The molecule has 1 aromatic carbocycles.